The van der Waals surface area contributed by atoms with Gasteiger partial charge in [-0.2, -0.15) is 13.2 Å². The summed E-state index contributed by atoms with van der Waals surface area (Å²) in [5, 5.41) is 2.52. The molecule has 0 spiro atoms. The summed E-state index contributed by atoms with van der Waals surface area (Å²) in [5.74, 6) is 0. The van der Waals surface area contributed by atoms with Crippen molar-refractivity contribution in [3.05, 3.63) is 39.3 Å². The minimum atomic E-state index is -4.91. The summed E-state index contributed by atoms with van der Waals surface area (Å²) in [7, 11) is -2.94. The third kappa shape index (κ3) is 2.88. The zero-order chi connectivity index (χ0) is 18.4. The normalized spacial score (nSPS) is 12.4. The van der Waals surface area contributed by atoms with Gasteiger partial charge in [0.15, 0.2) is 16.1 Å². The van der Waals surface area contributed by atoms with Crippen LogP contribution < -0.4 is 5.56 Å². The van der Waals surface area contributed by atoms with E-state index in [1.165, 1.54) is 14.0 Å². The number of halogens is 3. The predicted octanol–water partition coefficient (Wildman–Crippen LogP) is 1.92. The van der Waals surface area contributed by atoms with Gasteiger partial charge in [-0.1, -0.05) is 0 Å². The van der Waals surface area contributed by atoms with Crippen molar-refractivity contribution in [1.29, 1.82) is 0 Å². The predicted molar refractivity (Wildman–Crippen MR) is 79.7 cm³/mol. The van der Waals surface area contributed by atoms with Crippen molar-refractivity contribution in [1.82, 2.24) is 9.78 Å². The van der Waals surface area contributed by atoms with E-state index in [0.29, 0.717) is 12.3 Å². The lowest BCUT2D eigenvalue weighted by atomic mass is 9.97. The first-order chi connectivity index (χ1) is 10.9. The molecule has 0 atom stereocenters. The number of sulfone groups is 1. The summed E-state index contributed by atoms with van der Waals surface area (Å²) in [4.78, 5) is 22.6. The molecule has 1 aromatic carbocycles. The molecule has 0 amide bonds. The van der Waals surface area contributed by atoms with E-state index in [2.05, 4.69) is 5.10 Å². The van der Waals surface area contributed by atoms with Crippen LogP contribution in [0, 0.1) is 6.92 Å². The quantitative estimate of drug-likeness (QED) is 0.845. The number of alkyl halides is 3. The maximum atomic E-state index is 13.4. The van der Waals surface area contributed by atoms with Crippen molar-refractivity contribution < 1.29 is 26.4 Å². The van der Waals surface area contributed by atoms with E-state index in [1.807, 2.05) is 0 Å². The average Bonchev–Trinajstić information content (AvgIpc) is 2.68. The van der Waals surface area contributed by atoms with Gasteiger partial charge in [0.05, 0.1) is 16.0 Å². The third-order valence-electron chi connectivity index (χ3n) is 3.47. The molecule has 0 bridgehead atoms. The van der Waals surface area contributed by atoms with Crippen LogP contribution in [0.1, 0.15) is 21.6 Å². The van der Waals surface area contributed by atoms with Gasteiger partial charge in [-0.15, -0.1) is 0 Å². The molecule has 2 aromatic rings. The van der Waals surface area contributed by atoms with E-state index >= 15 is 0 Å². The molecule has 130 valence electrons. The number of nitrogens with zero attached hydrogens (tertiary/aromatic N) is 1. The fourth-order valence-electron chi connectivity index (χ4n) is 2.56. The number of carbonyl (C=O) groups is 1. The molecule has 0 fully saturated rings. The van der Waals surface area contributed by atoms with Crippen LogP contribution in [0.25, 0.3) is 11.1 Å². The first kappa shape index (κ1) is 18.0. The number of rotatable bonds is 3. The number of hydrogen-bond donors (Lipinski definition) is 1. The SMILES string of the molecule is Cc1[nH]n(C)c(=O)c1-c1c(C(F)(F)F)ccc(C=O)c1S(C)(=O)=O. The molecular formula is C14H13F3N2O4S. The summed E-state index contributed by atoms with van der Waals surface area (Å²) < 4.78 is 65.3. The Balaban J connectivity index is 3.17. The first-order valence-electron chi connectivity index (χ1n) is 6.55. The van der Waals surface area contributed by atoms with Gasteiger partial charge in [0.25, 0.3) is 5.56 Å². The number of hydrogen-bond acceptors (Lipinski definition) is 4. The molecule has 6 nitrogen and oxygen atoms in total. The molecule has 24 heavy (non-hydrogen) atoms. The molecule has 1 N–H and O–H groups in total. The molecule has 0 radical (unpaired) electrons. The van der Waals surface area contributed by atoms with Crippen LogP contribution in [0.15, 0.2) is 21.8 Å². The van der Waals surface area contributed by atoms with Crippen molar-refractivity contribution in [2.45, 2.75) is 18.0 Å². The van der Waals surface area contributed by atoms with Crippen LogP contribution >= 0.6 is 0 Å². The summed E-state index contributed by atoms with van der Waals surface area (Å²) in [6.07, 6.45) is -4.08. The van der Waals surface area contributed by atoms with Gasteiger partial charge in [-0.25, -0.2) is 8.42 Å². The van der Waals surface area contributed by atoms with Gasteiger partial charge in [0.1, 0.15) is 0 Å². The Hall–Kier alpha value is -2.36. The highest BCUT2D eigenvalue weighted by Crippen LogP contribution is 2.41. The Morgan fingerprint density at radius 3 is 2.17 bits per heavy atom. The number of benzene rings is 1. The summed E-state index contributed by atoms with van der Waals surface area (Å²) in [5.41, 5.74) is -3.76. The van der Waals surface area contributed by atoms with Crippen molar-refractivity contribution in [2.75, 3.05) is 6.26 Å². The van der Waals surface area contributed by atoms with Gasteiger partial charge in [0.2, 0.25) is 0 Å². The smallest absolute Gasteiger partial charge is 0.300 e. The lowest BCUT2D eigenvalue weighted by Gasteiger charge is -2.17. The zero-order valence-electron chi connectivity index (χ0n) is 12.9. The number of carbonyl (C=O) groups excluding carboxylic acids is 1. The van der Waals surface area contributed by atoms with Crippen LogP contribution in [0.3, 0.4) is 0 Å². The van der Waals surface area contributed by atoms with Crippen LogP contribution in [0.5, 0.6) is 0 Å². The minimum absolute atomic E-state index is 0.0564. The number of nitrogens with one attached hydrogen (secondary N) is 1. The van der Waals surface area contributed by atoms with Crippen LogP contribution in [-0.4, -0.2) is 30.7 Å². The van der Waals surface area contributed by atoms with E-state index in [9.17, 15) is 31.2 Å². The summed E-state index contributed by atoms with van der Waals surface area (Å²) in [6.45, 7) is 1.34. The summed E-state index contributed by atoms with van der Waals surface area (Å²) >= 11 is 0. The van der Waals surface area contributed by atoms with Gasteiger partial charge in [0, 0.05) is 30.1 Å². The Kier molecular flexibility index (Phi) is 4.21. The lowest BCUT2D eigenvalue weighted by molar-refractivity contribution is -0.137. The second-order valence-electron chi connectivity index (χ2n) is 5.27. The number of aldehydes is 1. The molecule has 2 rings (SSSR count). The number of H-pyrrole nitrogens is 1. The van der Waals surface area contributed by atoms with Gasteiger partial charge in [-0.3, -0.25) is 19.4 Å². The lowest BCUT2D eigenvalue weighted by Crippen LogP contribution is -2.18. The molecule has 0 aliphatic heterocycles. The minimum Gasteiger partial charge on any atom is -0.300 e. The standard InChI is InChI=1S/C14H13F3N2O4S/c1-7-10(13(21)19(2)18-7)11-9(14(15,16)17)5-4-8(6-20)12(11)24(3,22)23/h4-6,18H,1-3H3. The third-order valence-corrected chi connectivity index (χ3v) is 4.65. The molecule has 0 saturated heterocycles. The Bertz CT molecular complexity index is 985. The van der Waals surface area contributed by atoms with E-state index in [1.54, 1.807) is 0 Å². The molecule has 10 heteroatoms. The van der Waals surface area contributed by atoms with E-state index in [-0.39, 0.29) is 12.0 Å². The van der Waals surface area contributed by atoms with Crippen molar-refractivity contribution in [3.63, 3.8) is 0 Å². The fourth-order valence-corrected chi connectivity index (χ4v) is 3.68. The van der Waals surface area contributed by atoms with Crippen molar-refractivity contribution in [2.24, 2.45) is 7.05 Å². The highest BCUT2D eigenvalue weighted by Gasteiger charge is 2.38. The van der Waals surface area contributed by atoms with Gasteiger partial charge < -0.3 is 0 Å². The van der Waals surface area contributed by atoms with E-state index in [4.69, 9.17) is 0 Å². The van der Waals surface area contributed by atoms with E-state index in [0.717, 1.165) is 10.7 Å². The van der Waals surface area contributed by atoms with Crippen LogP contribution in [0.4, 0.5) is 13.2 Å². The first-order valence-corrected chi connectivity index (χ1v) is 8.44. The highest BCUT2D eigenvalue weighted by atomic mass is 32.2. The highest BCUT2D eigenvalue weighted by molar-refractivity contribution is 7.91. The van der Waals surface area contributed by atoms with E-state index < -0.39 is 48.7 Å². The Labute approximate surface area is 134 Å². The largest absolute Gasteiger partial charge is 0.417 e. The number of aryl methyl sites for hydroxylation is 2. The zero-order valence-corrected chi connectivity index (χ0v) is 13.7. The molecule has 1 aromatic heterocycles. The molecule has 0 unspecified atom stereocenters. The topological polar surface area (TPSA) is 89.0 Å². The van der Waals surface area contributed by atoms with Gasteiger partial charge in [-0.05, 0) is 19.1 Å². The van der Waals surface area contributed by atoms with Crippen molar-refractivity contribution >= 4 is 16.1 Å². The molecule has 0 saturated carbocycles. The monoisotopic (exact) mass is 362 g/mol. The van der Waals surface area contributed by atoms with Crippen LogP contribution in [-0.2, 0) is 23.1 Å². The Morgan fingerprint density at radius 2 is 1.79 bits per heavy atom. The molecule has 0 aliphatic carbocycles. The average molecular weight is 362 g/mol. The summed E-state index contributed by atoms with van der Waals surface area (Å²) in [6, 6.07) is 1.38. The second kappa shape index (κ2) is 5.62. The Morgan fingerprint density at radius 1 is 1.21 bits per heavy atom. The second-order valence-corrected chi connectivity index (χ2v) is 7.22. The maximum absolute atomic E-state index is 13.4. The fraction of sp³-hybridized carbons (Fsp3) is 0.286. The molecule has 0 aliphatic rings. The number of aromatic amines is 1. The van der Waals surface area contributed by atoms with Gasteiger partial charge >= 0.3 is 6.18 Å². The molecular weight excluding hydrogens is 349 g/mol. The van der Waals surface area contributed by atoms with Crippen LogP contribution in [0.2, 0.25) is 0 Å². The maximum Gasteiger partial charge on any atom is 0.417 e. The molecule has 1 heterocycles. The number of aromatic nitrogens is 2. The van der Waals surface area contributed by atoms with Crippen molar-refractivity contribution in [3.8, 4) is 11.1 Å².